The summed E-state index contributed by atoms with van der Waals surface area (Å²) in [7, 11) is 1.64. The number of ether oxygens (including phenoxy) is 3. The molecule has 0 aliphatic carbocycles. The van der Waals surface area contributed by atoms with E-state index < -0.39 is 0 Å². The van der Waals surface area contributed by atoms with E-state index in [9.17, 15) is 4.79 Å². The van der Waals surface area contributed by atoms with Gasteiger partial charge >= 0.3 is 6.09 Å². The van der Waals surface area contributed by atoms with Crippen molar-refractivity contribution < 1.29 is 19.0 Å². The molecule has 0 spiro atoms. The van der Waals surface area contributed by atoms with Crippen molar-refractivity contribution in [1.82, 2.24) is 24.9 Å². The van der Waals surface area contributed by atoms with Gasteiger partial charge in [0.05, 0.1) is 17.6 Å². The highest BCUT2D eigenvalue weighted by Gasteiger charge is 2.13. The maximum atomic E-state index is 11.7. The van der Waals surface area contributed by atoms with Gasteiger partial charge in [0, 0.05) is 26.3 Å². The molecule has 2 heterocycles. The highest BCUT2D eigenvalue weighted by Crippen LogP contribution is 2.25. The number of aryl methyl sites for hydroxylation is 1. The van der Waals surface area contributed by atoms with E-state index in [0.29, 0.717) is 37.8 Å². The van der Waals surface area contributed by atoms with Crippen LogP contribution in [0.25, 0.3) is 16.7 Å². The lowest BCUT2D eigenvalue weighted by Gasteiger charge is -2.12. The van der Waals surface area contributed by atoms with Gasteiger partial charge in [0.15, 0.2) is 5.82 Å². The van der Waals surface area contributed by atoms with Crippen molar-refractivity contribution in [1.29, 1.82) is 0 Å². The third kappa shape index (κ3) is 5.97. The van der Waals surface area contributed by atoms with Gasteiger partial charge in [0.2, 0.25) is 5.65 Å². The third-order valence-corrected chi connectivity index (χ3v) is 5.06. The van der Waals surface area contributed by atoms with Crippen molar-refractivity contribution in [3.05, 3.63) is 24.0 Å². The molecule has 32 heavy (non-hydrogen) atoms. The van der Waals surface area contributed by atoms with Gasteiger partial charge in [-0.2, -0.15) is 0 Å². The summed E-state index contributed by atoms with van der Waals surface area (Å²) in [5, 5.41) is 14.6. The fraction of sp³-hybridized carbons (Fsp3) is 0.545. The number of carbonyl (C=O) groups excluding carboxylic acids is 1. The van der Waals surface area contributed by atoms with E-state index in [-0.39, 0.29) is 12.2 Å². The average molecular weight is 445 g/mol. The number of nitrogens with one attached hydrogen (secondary N) is 2. The van der Waals surface area contributed by atoms with Gasteiger partial charge in [-0.05, 0) is 45.2 Å². The van der Waals surface area contributed by atoms with Crippen LogP contribution in [0.2, 0.25) is 0 Å². The van der Waals surface area contributed by atoms with Crippen LogP contribution in [0.15, 0.2) is 18.2 Å². The second kappa shape index (κ2) is 11.5. The molecule has 3 rings (SSSR count). The molecule has 1 amide bonds. The number of methoxy groups -OCH3 is 1. The first kappa shape index (κ1) is 23.5. The Morgan fingerprint density at radius 1 is 1.19 bits per heavy atom. The van der Waals surface area contributed by atoms with Crippen LogP contribution in [0, 0.1) is 6.92 Å². The summed E-state index contributed by atoms with van der Waals surface area (Å²) in [4.78, 5) is 16.4. The Morgan fingerprint density at radius 3 is 2.78 bits per heavy atom. The molecule has 2 N–H and O–H groups in total. The predicted octanol–water partition coefficient (Wildman–Crippen LogP) is 3.33. The SMILES string of the molecule is CCC(C)OC(=O)NCCCCNc1nc2cc(OCCOC)ccc2n2c(C)nnc12. The zero-order chi connectivity index (χ0) is 22.9. The minimum Gasteiger partial charge on any atom is -0.491 e. The minimum absolute atomic E-state index is 0.0736. The summed E-state index contributed by atoms with van der Waals surface area (Å²) in [6.45, 7) is 8.01. The van der Waals surface area contributed by atoms with Gasteiger partial charge < -0.3 is 24.8 Å². The Kier molecular flexibility index (Phi) is 8.43. The standard InChI is InChI=1S/C22H32N6O4/c1-5-15(2)32-22(29)24-11-7-6-10-23-20-21-27-26-16(3)28(21)19-9-8-17(14-18(19)25-20)31-13-12-30-4/h8-9,14-15H,5-7,10-13H2,1-4H3,(H,23,25)(H,24,29). The van der Waals surface area contributed by atoms with Crippen LogP contribution in [0.3, 0.4) is 0 Å². The number of aromatic nitrogens is 4. The summed E-state index contributed by atoms with van der Waals surface area (Å²) >= 11 is 0. The van der Waals surface area contributed by atoms with Crippen LogP contribution in [0.5, 0.6) is 5.75 Å². The summed E-state index contributed by atoms with van der Waals surface area (Å²) in [5.41, 5.74) is 2.38. The molecule has 0 aliphatic rings. The molecule has 10 heteroatoms. The molecule has 2 aromatic heterocycles. The third-order valence-electron chi connectivity index (χ3n) is 5.06. The molecular formula is C22H32N6O4. The first-order valence-corrected chi connectivity index (χ1v) is 11.0. The predicted molar refractivity (Wildman–Crippen MR) is 122 cm³/mol. The summed E-state index contributed by atoms with van der Waals surface area (Å²) in [6, 6.07) is 5.77. The molecule has 1 aromatic carbocycles. The van der Waals surface area contributed by atoms with E-state index in [4.69, 9.17) is 19.2 Å². The van der Waals surface area contributed by atoms with E-state index in [2.05, 4.69) is 20.8 Å². The van der Waals surface area contributed by atoms with Crippen LogP contribution < -0.4 is 15.4 Å². The lowest BCUT2D eigenvalue weighted by molar-refractivity contribution is 0.105. The van der Waals surface area contributed by atoms with Crippen LogP contribution >= 0.6 is 0 Å². The highest BCUT2D eigenvalue weighted by molar-refractivity contribution is 5.84. The number of amides is 1. The Balaban J connectivity index is 1.62. The second-order valence-electron chi connectivity index (χ2n) is 7.54. The highest BCUT2D eigenvalue weighted by atomic mass is 16.6. The molecule has 1 unspecified atom stereocenters. The number of nitrogens with zero attached hydrogens (tertiary/aromatic N) is 4. The molecule has 0 bridgehead atoms. The molecule has 0 radical (unpaired) electrons. The number of rotatable bonds is 12. The van der Waals surface area contributed by atoms with E-state index >= 15 is 0 Å². The maximum Gasteiger partial charge on any atom is 0.407 e. The molecule has 10 nitrogen and oxygen atoms in total. The fourth-order valence-corrected chi connectivity index (χ4v) is 3.16. The van der Waals surface area contributed by atoms with Gasteiger partial charge in [0.1, 0.15) is 24.3 Å². The number of fused-ring (bicyclic) bond motifs is 3. The quantitative estimate of drug-likeness (QED) is 0.409. The number of benzene rings is 1. The second-order valence-corrected chi connectivity index (χ2v) is 7.54. The molecule has 0 saturated carbocycles. The number of alkyl carbamates (subject to hydrolysis) is 1. The zero-order valence-electron chi connectivity index (χ0n) is 19.2. The maximum absolute atomic E-state index is 11.7. The molecular weight excluding hydrogens is 412 g/mol. The van der Waals surface area contributed by atoms with Crippen molar-refractivity contribution in [3.63, 3.8) is 0 Å². The number of anilines is 1. The van der Waals surface area contributed by atoms with Crippen LogP contribution in [0.4, 0.5) is 10.6 Å². The lowest BCUT2D eigenvalue weighted by atomic mass is 10.2. The Hall–Kier alpha value is -3.14. The van der Waals surface area contributed by atoms with Crippen molar-refractivity contribution >= 4 is 28.6 Å². The summed E-state index contributed by atoms with van der Waals surface area (Å²) in [6.07, 6.45) is 2.02. The van der Waals surface area contributed by atoms with E-state index in [0.717, 1.165) is 41.9 Å². The molecule has 1 atom stereocenters. The molecule has 174 valence electrons. The van der Waals surface area contributed by atoms with E-state index in [1.165, 1.54) is 0 Å². The minimum atomic E-state index is -0.368. The van der Waals surface area contributed by atoms with Gasteiger partial charge in [-0.1, -0.05) is 6.92 Å². The Labute approximate surface area is 187 Å². The van der Waals surface area contributed by atoms with Gasteiger partial charge in [-0.25, -0.2) is 9.78 Å². The molecule has 0 fully saturated rings. The van der Waals surface area contributed by atoms with Crippen molar-refractivity contribution in [3.8, 4) is 5.75 Å². The number of unbranched alkanes of at least 4 members (excludes halogenated alkanes) is 1. The monoisotopic (exact) mass is 444 g/mol. The molecule has 0 aliphatic heterocycles. The normalized spacial score (nSPS) is 12.1. The van der Waals surface area contributed by atoms with E-state index in [1.807, 2.05) is 43.4 Å². The first-order valence-electron chi connectivity index (χ1n) is 11.0. The van der Waals surface area contributed by atoms with Crippen molar-refractivity contribution in [2.75, 3.05) is 38.7 Å². The smallest absolute Gasteiger partial charge is 0.407 e. The van der Waals surface area contributed by atoms with Crippen LogP contribution in [-0.2, 0) is 9.47 Å². The van der Waals surface area contributed by atoms with Crippen molar-refractivity contribution in [2.45, 2.75) is 46.1 Å². The van der Waals surface area contributed by atoms with Gasteiger partial charge in [0.25, 0.3) is 0 Å². The number of hydrogen-bond acceptors (Lipinski definition) is 8. The van der Waals surface area contributed by atoms with E-state index in [1.54, 1.807) is 7.11 Å². The van der Waals surface area contributed by atoms with Gasteiger partial charge in [-0.15, -0.1) is 10.2 Å². The number of hydrogen-bond donors (Lipinski definition) is 2. The average Bonchev–Trinajstić information content (AvgIpc) is 3.18. The summed E-state index contributed by atoms with van der Waals surface area (Å²) in [5.74, 6) is 2.18. The largest absolute Gasteiger partial charge is 0.491 e. The fourth-order valence-electron chi connectivity index (χ4n) is 3.16. The van der Waals surface area contributed by atoms with Crippen molar-refractivity contribution in [2.24, 2.45) is 0 Å². The first-order chi connectivity index (χ1) is 15.5. The topological polar surface area (TPSA) is 112 Å². The lowest BCUT2D eigenvalue weighted by Crippen LogP contribution is -2.28. The Bertz CT molecular complexity index is 1040. The Morgan fingerprint density at radius 2 is 2.00 bits per heavy atom. The number of carbonyl (C=O) groups is 1. The molecule has 3 aromatic rings. The zero-order valence-corrected chi connectivity index (χ0v) is 19.2. The van der Waals surface area contributed by atoms with Crippen LogP contribution in [-0.4, -0.2) is 65.2 Å². The summed E-state index contributed by atoms with van der Waals surface area (Å²) < 4.78 is 17.9. The van der Waals surface area contributed by atoms with Crippen LogP contribution in [0.1, 0.15) is 38.9 Å². The van der Waals surface area contributed by atoms with Gasteiger partial charge in [-0.3, -0.25) is 4.40 Å². The molecule has 0 saturated heterocycles.